The first-order chi connectivity index (χ1) is 6.22. The van der Waals surface area contributed by atoms with Gasteiger partial charge in [0.2, 0.25) is 0 Å². The minimum atomic E-state index is 0.353. The lowest BCUT2D eigenvalue weighted by molar-refractivity contribution is 1.30. The van der Waals surface area contributed by atoms with Crippen LogP contribution < -0.4 is 11.1 Å². The minimum Gasteiger partial charge on any atom is -0.385 e. The Balaban J connectivity index is 2.71. The van der Waals surface area contributed by atoms with Crippen LogP contribution in [-0.2, 0) is 0 Å². The smallest absolute Gasteiger partial charge is 0.111 e. The van der Waals surface area contributed by atoms with E-state index in [0.29, 0.717) is 5.82 Å². The van der Waals surface area contributed by atoms with Crippen LogP contribution in [-0.4, -0.2) is 0 Å². The number of benzene rings is 1. The van der Waals surface area contributed by atoms with E-state index >= 15 is 0 Å². The summed E-state index contributed by atoms with van der Waals surface area (Å²) in [5.41, 5.74) is 7.55. The highest BCUT2D eigenvalue weighted by Crippen LogP contribution is 2.09. The lowest BCUT2D eigenvalue weighted by Gasteiger charge is -2.04. The number of rotatable bonds is 2. The molecule has 3 nitrogen and oxygen atoms in total. The van der Waals surface area contributed by atoms with E-state index in [2.05, 4.69) is 5.32 Å². The van der Waals surface area contributed by atoms with Crippen LogP contribution in [0.3, 0.4) is 0 Å². The van der Waals surface area contributed by atoms with E-state index in [1.165, 1.54) is 11.6 Å². The van der Waals surface area contributed by atoms with Crippen LogP contribution in [0.15, 0.2) is 36.2 Å². The standard InChI is InChI=1S/C10H11N3/c1-8-2-4-9(5-3-8)13-10(12)6-7-11/h2-6,13H,12H2,1H3/b10-6+. The Morgan fingerprint density at radius 2 is 2.08 bits per heavy atom. The number of nitrogens with one attached hydrogen (secondary N) is 1. The van der Waals surface area contributed by atoms with Crippen LogP contribution >= 0.6 is 0 Å². The normalized spacial score (nSPS) is 10.6. The summed E-state index contributed by atoms with van der Waals surface area (Å²) in [6.07, 6.45) is 1.26. The van der Waals surface area contributed by atoms with Crippen LogP contribution in [0.1, 0.15) is 5.56 Å². The van der Waals surface area contributed by atoms with Gasteiger partial charge in [0.05, 0.1) is 12.1 Å². The molecule has 0 fully saturated rings. The largest absolute Gasteiger partial charge is 0.385 e. The highest BCUT2D eigenvalue weighted by atomic mass is 15.0. The highest BCUT2D eigenvalue weighted by Gasteiger charge is 1.91. The van der Waals surface area contributed by atoms with Crippen molar-refractivity contribution in [2.75, 3.05) is 5.32 Å². The molecule has 0 unspecified atom stereocenters. The summed E-state index contributed by atoms with van der Waals surface area (Å²) < 4.78 is 0. The summed E-state index contributed by atoms with van der Waals surface area (Å²) in [6, 6.07) is 9.62. The van der Waals surface area contributed by atoms with Crippen molar-refractivity contribution in [3.05, 3.63) is 41.7 Å². The third-order valence-corrected chi connectivity index (χ3v) is 1.56. The quantitative estimate of drug-likeness (QED) is 0.669. The minimum absolute atomic E-state index is 0.353. The molecule has 0 heterocycles. The molecule has 13 heavy (non-hydrogen) atoms. The van der Waals surface area contributed by atoms with Gasteiger partial charge in [-0.2, -0.15) is 5.26 Å². The second kappa shape index (κ2) is 4.17. The topological polar surface area (TPSA) is 61.8 Å². The van der Waals surface area contributed by atoms with Crippen molar-refractivity contribution >= 4 is 5.69 Å². The first-order valence-electron chi connectivity index (χ1n) is 3.91. The van der Waals surface area contributed by atoms with E-state index in [4.69, 9.17) is 11.0 Å². The van der Waals surface area contributed by atoms with Gasteiger partial charge in [0.25, 0.3) is 0 Å². The Bertz CT molecular complexity index is 343. The van der Waals surface area contributed by atoms with Crippen molar-refractivity contribution in [3.63, 3.8) is 0 Å². The Morgan fingerprint density at radius 1 is 1.46 bits per heavy atom. The zero-order valence-electron chi connectivity index (χ0n) is 7.41. The van der Waals surface area contributed by atoms with Crippen molar-refractivity contribution < 1.29 is 0 Å². The van der Waals surface area contributed by atoms with Gasteiger partial charge in [0, 0.05) is 5.69 Å². The molecule has 0 radical (unpaired) electrons. The number of nitriles is 1. The average Bonchev–Trinajstić information content (AvgIpc) is 2.09. The molecule has 1 aromatic rings. The van der Waals surface area contributed by atoms with Crippen LogP contribution in [0, 0.1) is 18.3 Å². The molecule has 0 saturated heterocycles. The third-order valence-electron chi connectivity index (χ3n) is 1.56. The molecule has 0 atom stereocenters. The SMILES string of the molecule is Cc1ccc(N/C(N)=C/C#N)cc1. The maximum atomic E-state index is 8.31. The molecule has 3 N–H and O–H groups in total. The maximum absolute atomic E-state index is 8.31. The molecule has 0 bridgehead atoms. The number of hydrogen-bond donors (Lipinski definition) is 2. The summed E-state index contributed by atoms with van der Waals surface area (Å²) in [5, 5.41) is 11.2. The van der Waals surface area contributed by atoms with Gasteiger partial charge in [-0.15, -0.1) is 0 Å². The fraction of sp³-hybridized carbons (Fsp3) is 0.100. The van der Waals surface area contributed by atoms with E-state index in [0.717, 1.165) is 5.69 Å². The van der Waals surface area contributed by atoms with Crippen LogP contribution in [0.4, 0.5) is 5.69 Å². The Hall–Kier alpha value is -1.95. The van der Waals surface area contributed by atoms with Gasteiger partial charge in [-0.05, 0) is 19.1 Å². The first kappa shape index (κ1) is 9.14. The van der Waals surface area contributed by atoms with Crippen molar-refractivity contribution in [1.82, 2.24) is 0 Å². The molecule has 0 spiro atoms. The van der Waals surface area contributed by atoms with E-state index < -0.39 is 0 Å². The van der Waals surface area contributed by atoms with Gasteiger partial charge in [0.1, 0.15) is 5.82 Å². The zero-order valence-corrected chi connectivity index (χ0v) is 7.41. The maximum Gasteiger partial charge on any atom is 0.111 e. The van der Waals surface area contributed by atoms with Gasteiger partial charge < -0.3 is 11.1 Å². The fourth-order valence-electron chi connectivity index (χ4n) is 0.909. The number of nitrogens with zero attached hydrogens (tertiary/aromatic N) is 1. The third kappa shape index (κ3) is 2.88. The first-order valence-corrected chi connectivity index (χ1v) is 3.91. The van der Waals surface area contributed by atoms with E-state index in [1.54, 1.807) is 0 Å². The molecule has 0 aromatic heterocycles. The summed E-state index contributed by atoms with van der Waals surface area (Å²) in [4.78, 5) is 0. The Kier molecular flexibility index (Phi) is 2.93. The zero-order chi connectivity index (χ0) is 9.68. The predicted molar refractivity (Wildman–Crippen MR) is 52.7 cm³/mol. The lowest BCUT2D eigenvalue weighted by atomic mass is 10.2. The molecule has 0 aliphatic carbocycles. The fourth-order valence-corrected chi connectivity index (χ4v) is 0.909. The summed E-state index contributed by atoms with van der Waals surface area (Å²) in [6.45, 7) is 2.01. The average molecular weight is 173 g/mol. The summed E-state index contributed by atoms with van der Waals surface area (Å²) in [5.74, 6) is 0.353. The number of hydrogen-bond acceptors (Lipinski definition) is 3. The Labute approximate surface area is 77.5 Å². The van der Waals surface area contributed by atoms with E-state index in [1.807, 2.05) is 37.3 Å². The van der Waals surface area contributed by atoms with Crippen molar-refractivity contribution in [1.29, 1.82) is 5.26 Å². The van der Waals surface area contributed by atoms with Crippen molar-refractivity contribution in [3.8, 4) is 6.07 Å². The van der Waals surface area contributed by atoms with E-state index in [-0.39, 0.29) is 0 Å². The highest BCUT2D eigenvalue weighted by molar-refractivity contribution is 5.49. The number of nitrogens with two attached hydrogens (primary N) is 1. The summed E-state index contributed by atoms with van der Waals surface area (Å²) in [7, 11) is 0. The van der Waals surface area contributed by atoms with Crippen molar-refractivity contribution in [2.24, 2.45) is 5.73 Å². The monoisotopic (exact) mass is 173 g/mol. The molecule has 66 valence electrons. The van der Waals surface area contributed by atoms with Crippen LogP contribution in [0.2, 0.25) is 0 Å². The molecule has 3 heteroatoms. The Morgan fingerprint density at radius 3 is 2.62 bits per heavy atom. The summed E-state index contributed by atoms with van der Waals surface area (Å²) >= 11 is 0. The lowest BCUT2D eigenvalue weighted by Crippen LogP contribution is -2.08. The number of aryl methyl sites for hydroxylation is 1. The molecular weight excluding hydrogens is 162 g/mol. The van der Waals surface area contributed by atoms with Crippen LogP contribution in [0.5, 0.6) is 0 Å². The molecule has 0 aliphatic heterocycles. The molecule has 1 aromatic carbocycles. The van der Waals surface area contributed by atoms with Gasteiger partial charge >= 0.3 is 0 Å². The molecular formula is C10H11N3. The van der Waals surface area contributed by atoms with Crippen LogP contribution in [0.25, 0.3) is 0 Å². The predicted octanol–water partition coefficient (Wildman–Crippen LogP) is 1.73. The molecule has 0 amide bonds. The van der Waals surface area contributed by atoms with Gasteiger partial charge in [-0.3, -0.25) is 0 Å². The number of allylic oxidation sites excluding steroid dienone is 1. The van der Waals surface area contributed by atoms with Gasteiger partial charge in [0.15, 0.2) is 0 Å². The second-order valence-electron chi connectivity index (χ2n) is 2.72. The van der Waals surface area contributed by atoms with Crippen molar-refractivity contribution in [2.45, 2.75) is 6.92 Å². The molecule has 1 rings (SSSR count). The van der Waals surface area contributed by atoms with E-state index in [9.17, 15) is 0 Å². The van der Waals surface area contributed by atoms with Gasteiger partial charge in [-0.1, -0.05) is 17.7 Å². The molecule has 0 aliphatic rings. The number of anilines is 1. The molecule has 0 saturated carbocycles. The van der Waals surface area contributed by atoms with Gasteiger partial charge in [-0.25, -0.2) is 0 Å². The second-order valence-corrected chi connectivity index (χ2v) is 2.72.